The molecule has 14 heteroatoms. The van der Waals surface area contributed by atoms with Gasteiger partial charge in [-0.25, -0.2) is 0 Å². The molecule has 0 aliphatic carbocycles. The van der Waals surface area contributed by atoms with E-state index in [2.05, 4.69) is 4.74 Å². The lowest BCUT2D eigenvalue weighted by Gasteiger charge is -2.24. The van der Waals surface area contributed by atoms with Crippen molar-refractivity contribution >= 4 is 0 Å². The van der Waals surface area contributed by atoms with Crippen molar-refractivity contribution in [2.75, 3.05) is 0 Å². The van der Waals surface area contributed by atoms with Crippen molar-refractivity contribution in [2.24, 2.45) is 0 Å². The number of halogens is 12. The third-order valence-corrected chi connectivity index (χ3v) is 2.35. The zero-order valence-corrected chi connectivity index (χ0v) is 10.5. The van der Waals surface area contributed by atoms with E-state index in [9.17, 15) is 52.7 Å². The standard InChI is InChI=1S/C10H2F12O2/c11-7(12,13)2-1-3(23)4(8(14,15)16)5(9(17,18)19)6(2)24-10(20,21)22/h1,23H. The minimum absolute atomic E-state index is 0.931. The van der Waals surface area contributed by atoms with Gasteiger partial charge in [0, 0.05) is 0 Å². The number of aromatic hydroxyl groups is 1. The van der Waals surface area contributed by atoms with Crippen LogP contribution < -0.4 is 4.74 Å². The first kappa shape index (κ1) is 20.0. The van der Waals surface area contributed by atoms with Gasteiger partial charge in [-0.2, -0.15) is 39.5 Å². The van der Waals surface area contributed by atoms with Crippen LogP contribution in [0.3, 0.4) is 0 Å². The molecule has 1 aromatic rings. The second-order valence-corrected chi connectivity index (χ2v) is 4.06. The van der Waals surface area contributed by atoms with Gasteiger partial charge in [-0.1, -0.05) is 0 Å². The molecule has 0 saturated carbocycles. The van der Waals surface area contributed by atoms with Crippen molar-refractivity contribution in [1.29, 1.82) is 0 Å². The third-order valence-electron chi connectivity index (χ3n) is 2.35. The molecule has 0 aromatic heterocycles. The molecular weight excluding hydrogens is 380 g/mol. The minimum atomic E-state index is -6.36. The maximum atomic E-state index is 12.7. The molecule has 1 N–H and O–H groups in total. The highest BCUT2D eigenvalue weighted by Gasteiger charge is 2.53. The van der Waals surface area contributed by atoms with Crippen LogP contribution in [0.2, 0.25) is 0 Å². The average molecular weight is 382 g/mol. The van der Waals surface area contributed by atoms with Crippen molar-refractivity contribution in [3.63, 3.8) is 0 Å². The van der Waals surface area contributed by atoms with Gasteiger partial charge >= 0.3 is 24.9 Å². The van der Waals surface area contributed by atoms with Crippen LogP contribution in [0, 0.1) is 0 Å². The van der Waals surface area contributed by atoms with Crippen LogP contribution in [-0.2, 0) is 18.5 Å². The lowest BCUT2D eigenvalue weighted by molar-refractivity contribution is -0.278. The minimum Gasteiger partial charge on any atom is -0.507 e. The SMILES string of the molecule is Oc1cc(C(F)(F)F)c(OC(F)(F)F)c(C(F)(F)F)c1C(F)(F)F. The van der Waals surface area contributed by atoms with Gasteiger partial charge in [0.2, 0.25) is 0 Å². The number of phenolic OH excluding ortho intramolecular Hbond substituents is 1. The smallest absolute Gasteiger partial charge is 0.507 e. The summed E-state index contributed by atoms with van der Waals surface area (Å²) in [6.45, 7) is 0. The zero-order valence-electron chi connectivity index (χ0n) is 10.5. The van der Waals surface area contributed by atoms with Crippen LogP contribution in [-0.4, -0.2) is 11.5 Å². The van der Waals surface area contributed by atoms with Crippen LogP contribution in [0.1, 0.15) is 16.7 Å². The average Bonchev–Trinajstić information content (AvgIpc) is 2.23. The summed E-state index contributed by atoms with van der Waals surface area (Å²) in [7, 11) is 0. The molecule has 0 saturated heterocycles. The quantitative estimate of drug-likeness (QED) is 0.664. The van der Waals surface area contributed by atoms with Crippen LogP contribution in [0.25, 0.3) is 0 Å². The first-order valence-corrected chi connectivity index (χ1v) is 5.23. The van der Waals surface area contributed by atoms with Gasteiger partial charge in [-0.3, -0.25) is 0 Å². The Labute approximate surface area is 123 Å². The Hall–Kier alpha value is -2.02. The van der Waals surface area contributed by atoms with Gasteiger partial charge in [0.25, 0.3) is 0 Å². The van der Waals surface area contributed by atoms with Crippen LogP contribution in [0.5, 0.6) is 11.5 Å². The van der Waals surface area contributed by atoms with Crippen molar-refractivity contribution < 1.29 is 62.5 Å². The lowest BCUT2D eigenvalue weighted by atomic mass is 9.99. The maximum Gasteiger partial charge on any atom is 0.573 e. The lowest BCUT2D eigenvalue weighted by Crippen LogP contribution is -2.26. The molecule has 1 rings (SSSR count). The highest BCUT2D eigenvalue weighted by Crippen LogP contribution is 2.53. The van der Waals surface area contributed by atoms with Gasteiger partial charge in [0.1, 0.15) is 22.4 Å². The highest BCUT2D eigenvalue weighted by atomic mass is 19.4. The van der Waals surface area contributed by atoms with Gasteiger partial charge in [-0.15, -0.1) is 13.2 Å². The molecule has 0 atom stereocenters. The predicted molar refractivity (Wildman–Crippen MR) is 49.8 cm³/mol. The second kappa shape index (κ2) is 5.51. The van der Waals surface area contributed by atoms with Gasteiger partial charge in [-0.05, 0) is 6.07 Å². The second-order valence-electron chi connectivity index (χ2n) is 4.06. The van der Waals surface area contributed by atoms with Crippen LogP contribution >= 0.6 is 0 Å². The van der Waals surface area contributed by atoms with E-state index >= 15 is 0 Å². The molecule has 24 heavy (non-hydrogen) atoms. The topological polar surface area (TPSA) is 29.5 Å². The van der Waals surface area contributed by atoms with E-state index in [-0.39, 0.29) is 0 Å². The van der Waals surface area contributed by atoms with Gasteiger partial charge < -0.3 is 9.84 Å². The molecule has 0 fully saturated rings. The molecule has 0 amide bonds. The molecule has 0 unspecified atom stereocenters. The van der Waals surface area contributed by atoms with Gasteiger partial charge in [0.05, 0.1) is 0 Å². The van der Waals surface area contributed by atoms with Gasteiger partial charge in [0.15, 0.2) is 5.75 Å². The Bertz CT molecular complexity index is 619. The molecule has 0 aliphatic rings. The number of alkyl halides is 12. The summed E-state index contributed by atoms with van der Waals surface area (Å²) in [6, 6.07) is -0.931. The van der Waals surface area contributed by atoms with Crippen LogP contribution in [0.15, 0.2) is 6.07 Å². The number of ether oxygens (including phenoxy) is 1. The first-order valence-electron chi connectivity index (χ1n) is 5.23. The molecule has 0 spiro atoms. The van der Waals surface area contributed by atoms with Crippen molar-refractivity contribution in [2.45, 2.75) is 24.9 Å². The largest absolute Gasteiger partial charge is 0.573 e. The molecule has 1 aromatic carbocycles. The molecule has 0 radical (unpaired) electrons. The van der Waals surface area contributed by atoms with Crippen molar-refractivity contribution in [3.8, 4) is 11.5 Å². The fourth-order valence-electron chi connectivity index (χ4n) is 1.64. The Morgan fingerprint density at radius 3 is 1.38 bits per heavy atom. The van der Waals surface area contributed by atoms with E-state index in [0.717, 1.165) is 0 Å². The molecule has 2 nitrogen and oxygen atoms in total. The zero-order chi connectivity index (χ0) is 19.3. The summed E-state index contributed by atoms with van der Waals surface area (Å²) >= 11 is 0. The summed E-state index contributed by atoms with van der Waals surface area (Å²) in [4.78, 5) is 0. The summed E-state index contributed by atoms with van der Waals surface area (Å²) in [5.74, 6) is -5.72. The summed E-state index contributed by atoms with van der Waals surface area (Å²) < 4.78 is 153. The van der Waals surface area contributed by atoms with E-state index in [1.165, 1.54) is 0 Å². The maximum absolute atomic E-state index is 12.7. The van der Waals surface area contributed by atoms with Crippen molar-refractivity contribution in [1.82, 2.24) is 0 Å². The molecule has 138 valence electrons. The van der Waals surface area contributed by atoms with Crippen LogP contribution in [0.4, 0.5) is 52.7 Å². The molecule has 0 bridgehead atoms. The summed E-state index contributed by atoms with van der Waals surface area (Å²) in [5.41, 5.74) is -9.46. The highest BCUT2D eigenvalue weighted by molar-refractivity contribution is 5.57. The third kappa shape index (κ3) is 4.29. The van der Waals surface area contributed by atoms with E-state index in [4.69, 9.17) is 5.11 Å². The number of phenols is 1. The molecule has 0 aliphatic heterocycles. The predicted octanol–water partition coefficient (Wildman–Crippen LogP) is 5.35. The number of rotatable bonds is 1. The summed E-state index contributed by atoms with van der Waals surface area (Å²) in [6.07, 6.45) is -24.6. The van der Waals surface area contributed by atoms with E-state index in [1.807, 2.05) is 0 Å². The number of hydrogen-bond acceptors (Lipinski definition) is 2. The normalized spacial score (nSPS) is 14.0. The van der Waals surface area contributed by atoms with Crippen molar-refractivity contribution in [3.05, 3.63) is 22.8 Å². The van der Waals surface area contributed by atoms with E-state index in [1.54, 1.807) is 0 Å². The Balaban J connectivity index is 4.04. The number of benzene rings is 1. The Morgan fingerprint density at radius 1 is 0.667 bits per heavy atom. The molecule has 0 heterocycles. The Morgan fingerprint density at radius 2 is 1.08 bits per heavy atom. The Kier molecular flexibility index (Phi) is 4.60. The van der Waals surface area contributed by atoms with E-state index < -0.39 is 59.1 Å². The number of hydrogen-bond donors (Lipinski definition) is 1. The fourth-order valence-corrected chi connectivity index (χ4v) is 1.64. The van der Waals surface area contributed by atoms with E-state index in [0.29, 0.717) is 0 Å². The fraction of sp³-hybridized carbons (Fsp3) is 0.400. The summed E-state index contributed by atoms with van der Waals surface area (Å²) in [5, 5.41) is 8.90. The monoisotopic (exact) mass is 382 g/mol. The first-order chi connectivity index (χ1) is 10.4. The molecular formula is C10H2F12O2.